The van der Waals surface area contributed by atoms with Crippen molar-refractivity contribution < 1.29 is 35.8 Å². The van der Waals surface area contributed by atoms with E-state index in [0.29, 0.717) is 56.1 Å². The zero-order chi connectivity index (χ0) is 30.2. The highest BCUT2D eigenvalue weighted by Gasteiger charge is 2.28. The Morgan fingerprint density at radius 3 is 1.93 bits per heavy atom. The van der Waals surface area contributed by atoms with Crippen molar-refractivity contribution in [1.82, 2.24) is 0 Å². The SMILES string of the molecule is CC=CCCc1ccc(C2CCC(COc3ccc(-c4ccc(OCCCC)c(F)c4F)c(F)c3F)CC2)c(F)c1F. The van der Waals surface area contributed by atoms with E-state index in [1.807, 2.05) is 26.0 Å². The van der Waals surface area contributed by atoms with Crippen LogP contribution in [-0.2, 0) is 6.42 Å². The molecule has 0 spiro atoms. The van der Waals surface area contributed by atoms with E-state index in [2.05, 4.69) is 0 Å². The topological polar surface area (TPSA) is 18.5 Å². The van der Waals surface area contributed by atoms with Gasteiger partial charge in [-0.05, 0) is 99.1 Å². The summed E-state index contributed by atoms with van der Waals surface area (Å²) in [6, 6.07) is 8.03. The molecule has 1 fully saturated rings. The Hall–Kier alpha value is -3.42. The van der Waals surface area contributed by atoms with Gasteiger partial charge in [0.25, 0.3) is 0 Å². The van der Waals surface area contributed by atoms with Crippen LogP contribution in [0.15, 0.2) is 48.6 Å². The van der Waals surface area contributed by atoms with Crippen molar-refractivity contribution in [2.24, 2.45) is 5.92 Å². The summed E-state index contributed by atoms with van der Waals surface area (Å²) in [7, 11) is 0. The lowest BCUT2D eigenvalue weighted by molar-refractivity contribution is 0.192. The number of hydrogen-bond donors (Lipinski definition) is 0. The predicted octanol–water partition coefficient (Wildman–Crippen LogP) is 10.2. The van der Waals surface area contributed by atoms with Crippen molar-refractivity contribution in [3.63, 3.8) is 0 Å². The first kappa shape index (κ1) is 31.5. The molecule has 2 nitrogen and oxygen atoms in total. The summed E-state index contributed by atoms with van der Waals surface area (Å²) in [5.41, 5.74) is -0.127. The number of allylic oxidation sites excluding steroid dienone is 2. The molecule has 0 radical (unpaired) electrons. The Balaban J connectivity index is 1.36. The van der Waals surface area contributed by atoms with Crippen LogP contribution in [0.25, 0.3) is 11.1 Å². The third-order valence-corrected chi connectivity index (χ3v) is 7.91. The van der Waals surface area contributed by atoms with Gasteiger partial charge in [0.1, 0.15) is 0 Å². The Morgan fingerprint density at radius 2 is 1.33 bits per heavy atom. The Labute approximate surface area is 243 Å². The van der Waals surface area contributed by atoms with Crippen LogP contribution in [0.4, 0.5) is 26.3 Å². The smallest absolute Gasteiger partial charge is 0.201 e. The van der Waals surface area contributed by atoms with E-state index >= 15 is 0 Å². The van der Waals surface area contributed by atoms with Crippen molar-refractivity contribution >= 4 is 0 Å². The van der Waals surface area contributed by atoms with E-state index in [1.165, 1.54) is 12.1 Å². The van der Waals surface area contributed by atoms with E-state index < -0.39 is 46.0 Å². The van der Waals surface area contributed by atoms with E-state index in [9.17, 15) is 26.3 Å². The maximum absolute atomic E-state index is 15.0. The minimum absolute atomic E-state index is 0.0168. The first-order valence-electron chi connectivity index (χ1n) is 14.6. The van der Waals surface area contributed by atoms with Gasteiger partial charge in [0.05, 0.1) is 13.2 Å². The fraction of sp³-hybridized carbons (Fsp3) is 0.412. The van der Waals surface area contributed by atoms with Gasteiger partial charge in [0.15, 0.2) is 34.8 Å². The minimum atomic E-state index is -1.35. The molecule has 0 N–H and O–H groups in total. The van der Waals surface area contributed by atoms with Crippen LogP contribution in [0.1, 0.15) is 75.8 Å². The Bertz CT molecular complexity index is 1400. The molecule has 0 bridgehead atoms. The highest BCUT2D eigenvalue weighted by atomic mass is 19.2. The average molecular weight is 591 g/mol. The number of aryl methyl sites for hydroxylation is 1. The molecule has 0 unspecified atom stereocenters. The van der Waals surface area contributed by atoms with Gasteiger partial charge < -0.3 is 9.47 Å². The highest BCUT2D eigenvalue weighted by Crippen LogP contribution is 2.39. The van der Waals surface area contributed by atoms with Gasteiger partial charge in [0, 0.05) is 11.1 Å². The zero-order valence-electron chi connectivity index (χ0n) is 23.9. The minimum Gasteiger partial charge on any atom is -0.490 e. The molecule has 3 aromatic carbocycles. The first-order chi connectivity index (χ1) is 20.3. The number of rotatable bonds is 12. The second kappa shape index (κ2) is 14.7. The number of hydrogen-bond acceptors (Lipinski definition) is 2. The van der Waals surface area contributed by atoms with Gasteiger partial charge in [-0.1, -0.05) is 37.6 Å². The molecule has 0 atom stereocenters. The van der Waals surface area contributed by atoms with Crippen molar-refractivity contribution in [2.45, 2.75) is 71.1 Å². The summed E-state index contributed by atoms with van der Waals surface area (Å²) in [6.07, 6.45) is 8.85. The second-order valence-electron chi connectivity index (χ2n) is 10.8. The Kier molecular flexibility index (Phi) is 11.0. The van der Waals surface area contributed by atoms with Crippen molar-refractivity contribution in [3.05, 3.63) is 94.6 Å². The molecular formula is C34H36F6O2. The molecule has 0 amide bonds. The third-order valence-electron chi connectivity index (χ3n) is 7.91. The Morgan fingerprint density at radius 1 is 0.714 bits per heavy atom. The molecule has 1 aliphatic carbocycles. The van der Waals surface area contributed by atoms with Crippen LogP contribution in [-0.4, -0.2) is 13.2 Å². The molecule has 226 valence electrons. The molecule has 0 saturated heterocycles. The lowest BCUT2D eigenvalue weighted by atomic mass is 9.78. The maximum atomic E-state index is 15.0. The summed E-state index contributed by atoms with van der Waals surface area (Å²) < 4.78 is 99.3. The van der Waals surface area contributed by atoms with Crippen LogP contribution < -0.4 is 9.47 Å². The summed E-state index contributed by atoms with van der Waals surface area (Å²) in [5.74, 6) is -7.55. The highest BCUT2D eigenvalue weighted by molar-refractivity contribution is 5.67. The quantitative estimate of drug-likeness (QED) is 0.119. The molecule has 0 heterocycles. The molecule has 3 aromatic rings. The fourth-order valence-corrected chi connectivity index (χ4v) is 5.39. The van der Waals surface area contributed by atoms with Crippen molar-refractivity contribution in [3.8, 4) is 22.6 Å². The molecule has 4 rings (SSSR count). The number of benzene rings is 3. The molecule has 42 heavy (non-hydrogen) atoms. The molecule has 0 aliphatic heterocycles. The van der Waals surface area contributed by atoms with Gasteiger partial charge in [0.2, 0.25) is 11.6 Å². The largest absolute Gasteiger partial charge is 0.490 e. The number of ether oxygens (including phenoxy) is 2. The van der Waals surface area contributed by atoms with Crippen LogP contribution in [0.5, 0.6) is 11.5 Å². The molecule has 0 aromatic heterocycles. The van der Waals surface area contributed by atoms with Crippen LogP contribution >= 0.6 is 0 Å². The maximum Gasteiger partial charge on any atom is 0.201 e. The van der Waals surface area contributed by atoms with Crippen molar-refractivity contribution in [1.29, 1.82) is 0 Å². The zero-order valence-corrected chi connectivity index (χ0v) is 23.9. The summed E-state index contributed by atoms with van der Waals surface area (Å²) in [4.78, 5) is 0. The lowest BCUT2D eigenvalue weighted by Gasteiger charge is -2.29. The van der Waals surface area contributed by atoms with Crippen LogP contribution in [0.3, 0.4) is 0 Å². The average Bonchev–Trinajstić information content (AvgIpc) is 2.99. The fourth-order valence-electron chi connectivity index (χ4n) is 5.39. The third kappa shape index (κ3) is 7.13. The number of unbranched alkanes of at least 4 members (excludes halogenated alkanes) is 1. The van der Waals surface area contributed by atoms with Crippen LogP contribution in [0, 0.1) is 40.8 Å². The van der Waals surface area contributed by atoms with Gasteiger partial charge in [-0.2, -0.15) is 8.78 Å². The van der Waals surface area contributed by atoms with E-state index in [4.69, 9.17) is 9.47 Å². The summed E-state index contributed by atoms with van der Waals surface area (Å²) in [6.45, 7) is 4.13. The van der Waals surface area contributed by atoms with Gasteiger partial charge in [-0.3, -0.25) is 0 Å². The van der Waals surface area contributed by atoms with Gasteiger partial charge in [-0.15, -0.1) is 0 Å². The van der Waals surface area contributed by atoms with E-state index in [1.54, 1.807) is 12.1 Å². The number of halogens is 6. The molecule has 1 aliphatic rings. The molecule has 8 heteroatoms. The summed E-state index contributed by atoms with van der Waals surface area (Å²) in [5, 5.41) is 0. The van der Waals surface area contributed by atoms with Crippen molar-refractivity contribution in [2.75, 3.05) is 13.2 Å². The standard InChI is InChI=1S/C34H36F6O2/c1-3-5-7-8-23-13-14-24(30(36)29(23)35)22-11-9-21(10-12-22)20-42-28-18-16-26(32(38)34(28)40)25-15-17-27(33(39)31(25)37)41-19-6-4-2/h3,5,13-18,21-22H,4,6-12,19-20H2,1-2H3. The summed E-state index contributed by atoms with van der Waals surface area (Å²) >= 11 is 0. The molecule has 1 saturated carbocycles. The molecular weight excluding hydrogens is 554 g/mol. The first-order valence-corrected chi connectivity index (χ1v) is 14.6. The van der Waals surface area contributed by atoms with Gasteiger partial charge >= 0.3 is 0 Å². The predicted molar refractivity (Wildman–Crippen MR) is 152 cm³/mol. The van der Waals surface area contributed by atoms with Crippen LogP contribution in [0.2, 0.25) is 0 Å². The second-order valence-corrected chi connectivity index (χ2v) is 10.8. The lowest BCUT2D eigenvalue weighted by Crippen LogP contribution is -2.20. The monoisotopic (exact) mass is 590 g/mol. The normalized spacial score (nSPS) is 17.1. The van der Waals surface area contributed by atoms with Gasteiger partial charge in [-0.25, -0.2) is 17.6 Å². The van der Waals surface area contributed by atoms with E-state index in [0.717, 1.165) is 18.6 Å². The van der Waals surface area contributed by atoms with E-state index in [-0.39, 0.29) is 36.5 Å².